The quantitative estimate of drug-likeness (QED) is 0.143. The molecule has 5 rings (SSSR count). The Labute approximate surface area is 261 Å². The third kappa shape index (κ3) is 8.60. The van der Waals surface area contributed by atoms with Gasteiger partial charge in [-0.15, -0.1) is 0 Å². The van der Waals surface area contributed by atoms with E-state index in [0.717, 1.165) is 32.4 Å². The number of hydrogen-bond acceptors (Lipinski definition) is 10. The summed E-state index contributed by atoms with van der Waals surface area (Å²) < 4.78 is 46.3. The molecule has 45 heavy (non-hydrogen) atoms. The summed E-state index contributed by atoms with van der Waals surface area (Å²) in [5.74, 6) is 0.872. The van der Waals surface area contributed by atoms with Gasteiger partial charge in [0.05, 0.1) is 23.8 Å². The van der Waals surface area contributed by atoms with Gasteiger partial charge in [0.15, 0.2) is 11.6 Å². The second-order valence-corrected chi connectivity index (χ2v) is 12.3. The maximum absolute atomic E-state index is 14.9. The van der Waals surface area contributed by atoms with E-state index in [0.29, 0.717) is 40.9 Å². The normalized spacial score (nSPS) is 14.3. The number of aromatic nitrogens is 2. The van der Waals surface area contributed by atoms with Crippen LogP contribution in [0.3, 0.4) is 0 Å². The molecule has 1 N–H and O–H groups in total. The van der Waals surface area contributed by atoms with Crippen LogP contribution in [0.4, 0.5) is 15.9 Å². The minimum atomic E-state index is -4.23. The number of benzene rings is 3. The van der Waals surface area contributed by atoms with E-state index in [1.807, 2.05) is 0 Å². The first-order valence-electron chi connectivity index (χ1n) is 14.4. The van der Waals surface area contributed by atoms with Crippen molar-refractivity contribution in [3.63, 3.8) is 0 Å². The van der Waals surface area contributed by atoms with Crippen LogP contribution in [0.15, 0.2) is 90.1 Å². The van der Waals surface area contributed by atoms with Crippen molar-refractivity contribution in [1.29, 1.82) is 0 Å². The minimum absolute atomic E-state index is 0.0298. The topological polar surface area (TPSA) is 123 Å². The van der Waals surface area contributed by atoms with Crippen LogP contribution >= 0.6 is 0 Å². The molecule has 0 amide bonds. The van der Waals surface area contributed by atoms with Crippen molar-refractivity contribution in [2.24, 2.45) is 5.92 Å². The third-order valence-corrected chi connectivity index (χ3v) is 8.90. The summed E-state index contributed by atoms with van der Waals surface area (Å²) in [5.41, 5.74) is 2.40. The highest BCUT2D eigenvalue weighted by atomic mass is 32.2. The molecule has 1 aliphatic heterocycles. The molecule has 0 bridgehead atoms. The SMILES string of the molecule is CN1CCC(CCOc2ccc(-c3cc(Nc4ccc(CON(OC=O)S(=O)(=O)c5ccccc5)cc4)ncn3)cc2F)CC1. The highest BCUT2D eigenvalue weighted by molar-refractivity contribution is 7.88. The number of piperidine rings is 1. The maximum atomic E-state index is 14.9. The summed E-state index contributed by atoms with van der Waals surface area (Å²) in [4.78, 5) is 31.6. The average molecular weight is 636 g/mol. The third-order valence-electron chi connectivity index (χ3n) is 7.45. The van der Waals surface area contributed by atoms with Gasteiger partial charge >= 0.3 is 6.47 Å². The second kappa shape index (κ2) is 15.0. The Morgan fingerprint density at radius 2 is 1.78 bits per heavy atom. The predicted octanol–water partition coefficient (Wildman–Crippen LogP) is 5.35. The van der Waals surface area contributed by atoms with Crippen molar-refractivity contribution >= 4 is 28.0 Å². The van der Waals surface area contributed by atoms with Crippen molar-refractivity contribution in [3.8, 4) is 17.0 Å². The smallest absolute Gasteiger partial charge is 0.317 e. The van der Waals surface area contributed by atoms with Crippen LogP contribution in [0.5, 0.6) is 5.75 Å². The zero-order chi connectivity index (χ0) is 31.6. The first-order chi connectivity index (χ1) is 21.8. The molecule has 0 atom stereocenters. The van der Waals surface area contributed by atoms with Gasteiger partial charge in [0.1, 0.15) is 16.8 Å². The monoisotopic (exact) mass is 635 g/mol. The van der Waals surface area contributed by atoms with Crippen LogP contribution in [0.25, 0.3) is 11.3 Å². The van der Waals surface area contributed by atoms with Gasteiger partial charge in [0.2, 0.25) is 0 Å². The van der Waals surface area contributed by atoms with Crippen molar-refractivity contribution in [3.05, 3.63) is 96.6 Å². The number of rotatable bonds is 14. The molecule has 4 aromatic rings. The standard InChI is InChI=1S/C32H34FN5O6S/c1-37-16-13-24(14-17-37)15-18-42-31-12-9-26(19-29(31)33)30-20-32(35-22-34-30)36-27-10-7-25(8-11-27)21-43-38(44-23-39)45(40,41)28-5-3-2-4-6-28/h2-12,19-20,22-24H,13-18,21H2,1H3,(H,34,35,36). The Balaban J connectivity index is 1.16. The van der Waals surface area contributed by atoms with E-state index in [2.05, 4.69) is 32.1 Å². The molecule has 0 saturated carbocycles. The van der Waals surface area contributed by atoms with Crippen LogP contribution in [0.1, 0.15) is 24.8 Å². The van der Waals surface area contributed by atoms with Crippen LogP contribution < -0.4 is 10.1 Å². The number of halogens is 1. The first kappa shape index (κ1) is 32.0. The molecule has 1 aliphatic rings. The van der Waals surface area contributed by atoms with Crippen LogP contribution in [0.2, 0.25) is 0 Å². The van der Waals surface area contributed by atoms with Gasteiger partial charge in [-0.2, -0.15) is 0 Å². The Bertz CT molecular complexity index is 1670. The Morgan fingerprint density at radius 1 is 1.02 bits per heavy atom. The number of anilines is 2. The van der Waals surface area contributed by atoms with E-state index in [-0.39, 0.29) is 28.4 Å². The van der Waals surface area contributed by atoms with Crippen molar-refractivity contribution in [2.75, 3.05) is 32.1 Å². The molecule has 0 aliphatic carbocycles. The molecule has 3 aromatic carbocycles. The van der Waals surface area contributed by atoms with Crippen LogP contribution in [-0.2, 0) is 31.1 Å². The zero-order valence-corrected chi connectivity index (χ0v) is 25.5. The zero-order valence-electron chi connectivity index (χ0n) is 24.7. The Morgan fingerprint density at radius 3 is 2.49 bits per heavy atom. The van der Waals surface area contributed by atoms with Gasteiger partial charge in [-0.3, -0.25) is 4.79 Å². The molecule has 13 heteroatoms. The lowest BCUT2D eigenvalue weighted by molar-refractivity contribution is -0.281. The molecule has 236 valence electrons. The highest BCUT2D eigenvalue weighted by Gasteiger charge is 2.28. The summed E-state index contributed by atoms with van der Waals surface area (Å²) in [6.45, 7) is 2.44. The summed E-state index contributed by atoms with van der Waals surface area (Å²) >= 11 is 0. The number of nitrogens with zero attached hydrogens (tertiary/aromatic N) is 4. The number of carbonyl (C=O) groups is 1. The van der Waals surface area contributed by atoms with Crippen molar-refractivity contribution < 1.29 is 32.0 Å². The molecule has 0 radical (unpaired) electrons. The lowest BCUT2D eigenvalue weighted by Gasteiger charge is -2.28. The number of ether oxygens (including phenoxy) is 1. The lowest BCUT2D eigenvalue weighted by Crippen LogP contribution is -2.31. The molecular weight excluding hydrogens is 601 g/mol. The van der Waals surface area contributed by atoms with Gasteiger partial charge < -0.3 is 19.8 Å². The summed E-state index contributed by atoms with van der Waals surface area (Å²) in [6.07, 6.45) is 4.58. The highest BCUT2D eigenvalue weighted by Crippen LogP contribution is 2.27. The lowest BCUT2D eigenvalue weighted by atomic mass is 9.94. The van der Waals surface area contributed by atoms with Crippen LogP contribution in [-0.4, -0.2) is 61.1 Å². The summed E-state index contributed by atoms with van der Waals surface area (Å²) in [7, 11) is -2.10. The number of hydrogen-bond donors (Lipinski definition) is 1. The minimum Gasteiger partial charge on any atom is -0.491 e. The van der Waals surface area contributed by atoms with E-state index >= 15 is 0 Å². The fourth-order valence-electron chi connectivity index (χ4n) is 4.88. The van der Waals surface area contributed by atoms with E-state index < -0.39 is 15.8 Å². The van der Waals surface area contributed by atoms with Crippen molar-refractivity contribution in [2.45, 2.75) is 30.8 Å². The maximum Gasteiger partial charge on any atom is 0.317 e. The van der Waals surface area contributed by atoms with Gasteiger partial charge in [-0.25, -0.2) is 27.6 Å². The molecule has 1 fully saturated rings. The van der Waals surface area contributed by atoms with Crippen molar-refractivity contribution in [1.82, 2.24) is 19.5 Å². The van der Waals surface area contributed by atoms with E-state index in [1.54, 1.807) is 60.7 Å². The van der Waals surface area contributed by atoms with E-state index in [1.165, 1.54) is 24.5 Å². The predicted molar refractivity (Wildman–Crippen MR) is 165 cm³/mol. The summed E-state index contributed by atoms with van der Waals surface area (Å²) in [5, 5.41) is 3.17. The fourth-order valence-corrected chi connectivity index (χ4v) is 5.89. The van der Waals surface area contributed by atoms with E-state index in [4.69, 9.17) is 9.57 Å². The van der Waals surface area contributed by atoms with Gasteiger partial charge in [0.25, 0.3) is 10.0 Å². The average Bonchev–Trinajstić information content (AvgIpc) is 3.06. The second-order valence-electron chi connectivity index (χ2n) is 10.6. The molecule has 0 spiro atoms. The Hall–Kier alpha value is -4.43. The molecular formula is C32H34FN5O6S. The number of nitrogens with one attached hydrogen (secondary N) is 1. The van der Waals surface area contributed by atoms with Crippen LogP contribution in [0, 0.1) is 11.7 Å². The first-order valence-corrected chi connectivity index (χ1v) is 15.9. The molecule has 1 saturated heterocycles. The Kier molecular flexibility index (Phi) is 10.7. The number of likely N-dealkylation sites (tertiary alicyclic amines) is 1. The molecule has 11 nitrogen and oxygen atoms in total. The molecule has 0 unspecified atom stereocenters. The van der Waals surface area contributed by atoms with Gasteiger partial charge in [-0.05, 0) is 93.3 Å². The largest absolute Gasteiger partial charge is 0.491 e. The van der Waals surface area contributed by atoms with Gasteiger partial charge in [0, 0.05) is 17.3 Å². The number of carbonyl (C=O) groups excluding carboxylic acids is 1. The number of sulfonamides is 1. The van der Waals surface area contributed by atoms with Gasteiger partial charge in [-0.1, -0.05) is 30.3 Å². The molecule has 1 aromatic heterocycles. The molecule has 2 heterocycles. The fraction of sp³-hybridized carbons (Fsp3) is 0.281. The van der Waals surface area contributed by atoms with E-state index in [9.17, 15) is 17.6 Å². The summed E-state index contributed by atoms with van der Waals surface area (Å²) in [6, 6.07) is 20.9.